The number of ether oxygens (including phenoxy) is 1. The third kappa shape index (κ3) is 5.46. The highest BCUT2D eigenvalue weighted by molar-refractivity contribution is 8.00. The summed E-state index contributed by atoms with van der Waals surface area (Å²) in [6.07, 6.45) is 0. The van der Waals surface area contributed by atoms with E-state index in [-0.39, 0.29) is 18.3 Å². The summed E-state index contributed by atoms with van der Waals surface area (Å²) >= 11 is 1.30. The molecule has 0 aliphatic rings. The van der Waals surface area contributed by atoms with Crippen LogP contribution in [0.25, 0.3) is 5.69 Å². The second-order valence-electron chi connectivity index (χ2n) is 7.86. The standard InChI is InChI=1S/C26H25FN4O2S/c1-17-13-14-18(2)22(15-17)28-25(32)19(3)34-26-30-29-24(31(26)20-9-5-4-6-10-20)16-33-23-12-8-7-11-21(23)27/h4-15,19H,16H2,1-3H3,(H,28,32). The zero-order valence-electron chi connectivity index (χ0n) is 19.2. The highest BCUT2D eigenvalue weighted by atomic mass is 32.2. The number of benzene rings is 3. The molecule has 3 aromatic carbocycles. The van der Waals surface area contributed by atoms with E-state index in [1.807, 2.05) is 73.9 Å². The van der Waals surface area contributed by atoms with Crippen molar-refractivity contribution in [2.75, 3.05) is 5.32 Å². The highest BCUT2D eigenvalue weighted by Crippen LogP contribution is 2.28. The van der Waals surface area contributed by atoms with Crippen LogP contribution in [0, 0.1) is 19.7 Å². The first-order chi connectivity index (χ1) is 16.4. The largest absolute Gasteiger partial charge is 0.483 e. The van der Waals surface area contributed by atoms with Gasteiger partial charge in [0.1, 0.15) is 6.61 Å². The fourth-order valence-corrected chi connectivity index (χ4v) is 4.21. The van der Waals surface area contributed by atoms with Crippen molar-refractivity contribution in [2.45, 2.75) is 37.8 Å². The lowest BCUT2D eigenvalue weighted by atomic mass is 10.1. The van der Waals surface area contributed by atoms with Gasteiger partial charge in [0.25, 0.3) is 0 Å². The molecule has 0 radical (unpaired) electrons. The number of carbonyl (C=O) groups excluding carboxylic acids is 1. The quantitative estimate of drug-likeness (QED) is 0.329. The van der Waals surface area contributed by atoms with Crippen LogP contribution in [0.5, 0.6) is 5.75 Å². The van der Waals surface area contributed by atoms with Gasteiger partial charge >= 0.3 is 0 Å². The van der Waals surface area contributed by atoms with E-state index < -0.39 is 11.1 Å². The molecule has 4 aromatic rings. The van der Waals surface area contributed by atoms with Crippen LogP contribution in [0.2, 0.25) is 0 Å². The SMILES string of the molecule is Cc1ccc(C)c(NC(=O)C(C)Sc2nnc(COc3ccccc3F)n2-c2ccccc2)c1. The summed E-state index contributed by atoms with van der Waals surface area (Å²) in [5.74, 6) is 0.0600. The Morgan fingerprint density at radius 2 is 1.79 bits per heavy atom. The molecule has 0 aliphatic heterocycles. The molecule has 174 valence electrons. The van der Waals surface area contributed by atoms with Gasteiger partial charge in [-0.25, -0.2) is 4.39 Å². The van der Waals surface area contributed by atoms with Crippen molar-refractivity contribution >= 4 is 23.4 Å². The Hall–Kier alpha value is -3.65. The summed E-state index contributed by atoms with van der Waals surface area (Å²) in [6, 6.07) is 21.7. The molecule has 6 nitrogen and oxygen atoms in total. The maximum absolute atomic E-state index is 14.0. The molecule has 1 N–H and O–H groups in total. The van der Waals surface area contributed by atoms with Gasteiger partial charge in [-0.15, -0.1) is 10.2 Å². The van der Waals surface area contributed by atoms with Crippen molar-refractivity contribution < 1.29 is 13.9 Å². The summed E-state index contributed by atoms with van der Waals surface area (Å²) < 4.78 is 21.5. The van der Waals surface area contributed by atoms with E-state index in [4.69, 9.17) is 4.74 Å². The summed E-state index contributed by atoms with van der Waals surface area (Å²) in [5.41, 5.74) is 3.69. The summed E-state index contributed by atoms with van der Waals surface area (Å²) in [4.78, 5) is 12.9. The van der Waals surface area contributed by atoms with E-state index in [9.17, 15) is 9.18 Å². The van der Waals surface area contributed by atoms with Gasteiger partial charge in [0.2, 0.25) is 5.91 Å². The Kier molecular flexibility index (Phi) is 7.27. The molecule has 34 heavy (non-hydrogen) atoms. The number of aryl methyl sites for hydroxylation is 2. The number of amides is 1. The number of nitrogens with zero attached hydrogens (tertiary/aromatic N) is 3. The number of carbonyl (C=O) groups is 1. The third-order valence-corrected chi connectivity index (χ3v) is 6.25. The van der Waals surface area contributed by atoms with E-state index in [2.05, 4.69) is 15.5 Å². The maximum atomic E-state index is 14.0. The predicted octanol–water partition coefficient (Wildman–Crippen LogP) is 5.72. The number of nitrogens with one attached hydrogen (secondary N) is 1. The number of aromatic nitrogens is 3. The van der Waals surface area contributed by atoms with Gasteiger partial charge in [-0.3, -0.25) is 9.36 Å². The van der Waals surface area contributed by atoms with Crippen molar-refractivity contribution in [1.29, 1.82) is 0 Å². The fraction of sp³-hybridized carbons (Fsp3) is 0.192. The zero-order valence-corrected chi connectivity index (χ0v) is 20.0. The van der Waals surface area contributed by atoms with Crippen LogP contribution >= 0.6 is 11.8 Å². The lowest BCUT2D eigenvalue weighted by Gasteiger charge is -2.15. The first-order valence-electron chi connectivity index (χ1n) is 10.8. The molecule has 1 amide bonds. The molecule has 0 saturated heterocycles. The molecule has 1 unspecified atom stereocenters. The molecular weight excluding hydrogens is 451 g/mol. The molecule has 0 aliphatic carbocycles. The number of rotatable bonds is 8. The highest BCUT2D eigenvalue weighted by Gasteiger charge is 2.22. The minimum Gasteiger partial charge on any atom is -0.483 e. The Morgan fingerprint density at radius 1 is 1.06 bits per heavy atom. The van der Waals surface area contributed by atoms with Crippen LogP contribution in [0.4, 0.5) is 10.1 Å². The van der Waals surface area contributed by atoms with Gasteiger partial charge in [0, 0.05) is 11.4 Å². The van der Waals surface area contributed by atoms with E-state index in [0.717, 1.165) is 22.5 Å². The van der Waals surface area contributed by atoms with Gasteiger partial charge in [-0.2, -0.15) is 0 Å². The van der Waals surface area contributed by atoms with E-state index >= 15 is 0 Å². The molecule has 0 spiro atoms. The van der Waals surface area contributed by atoms with Crippen molar-refractivity contribution in [3.8, 4) is 11.4 Å². The first-order valence-corrected chi connectivity index (χ1v) is 11.7. The van der Waals surface area contributed by atoms with Crippen LogP contribution in [0.1, 0.15) is 23.9 Å². The predicted molar refractivity (Wildman–Crippen MR) is 132 cm³/mol. The zero-order chi connectivity index (χ0) is 24.1. The second kappa shape index (κ2) is 10.5. The van der Waals surface area contributed by atoms with Gasteiger partial charge in [0.15, 0.2) is 22.5 Å². The van der Waals surface area contributed by atoms with Gasteiger partial charge in [0.05, 0.1) is 5.25 Å². The van der Waals surface area contributed by atoms with Crippen molar-refractivity contribution in [1.82, 2.24) is 14.8 Å². The molecule has 1 aromatic heterocycles. The topological polar surface area (TPSA) is 69.0 Å². The van der Waals surface area contributed by atoms with Crippen molar-refractivity contribution in [3.05, 3.63) is 95.6 Å². The lowest BCUT2D eigenvalue weighted by molar-refractivity contribution is -0.115. The van der Waals surface area contributed by atoms with Gasteiger partial charge < -0.3 is 10.1 Å². The monoisotopic (exact) mass is 476 g/mol. The van der Waals surface area contributed by atoms with Crippen molar-refractivity contribution in [2.24, 2.45) is 0 Å². The number of halogens is 1. The van der Waals surface area contributed by atoms with Crippen LogP contribution in [0.3, 0.4) is 0 Å². The van der Waals surface area contributed by atoms with E-state index in [0.29, 0.717) is 11.0 Å². The number of hydrogen-bond donors (Lipinski definition) is 1. The summed E-state index contributed by atoms with van der Waals surface area (Å²) in [7, 11) is 0. The number of thioether (sulfide) groups is 1. The summed E-state index contributed by atoms with van der Waals surface area (Å²) in [6.45, 7) is 5.79. The Balaban J connectivity index is 1.55. The Bertz CT molecular complexity index is 1290. The van der Waals surface area contributed by atoms with Crippen molar-refractivity contribution in [3.63, 3.8) is 0 Å². The molecule has 0 saturated carbocycles. The minimum atomic E-state index is -0.445. The van der Waals surface area contributed by atoms with E-state index in [1.54, 1.807) is 18.2 Å². The van der Waals surface area contributed by atoms with Crippen LogP contribution in [0.15, 0.2) is 78.0 Å². The smallest absolute Gasteiger partial charge is 0.237 e. The average Bonchev–Trinajstić information content (AvgIpc) is 3.23. The Morgan fingerprint density at radius 3 is 2.56 bits per heavy atom. The molecule has 4 rings (SSSR count). The maximum Gasteiger partial charge on any atom is 0.237 e. The van der Waals surface area contributed by atoms with Crippen LogP contribution < -0.4 is 10.1 Å². The fourth-order valence-electron chi connectivity index (χ4n) is 3.33. The number of para-hydroxylation sites is 2. The van der Waals surface area contributed by atoms with Gasteiger partial charge in [-0.1, -0.05) is 54.2 Å². The normalized spacial score (nSPS) is 11.8. The molecule has 1 atom stereocenters. The minimum absolute atomic E-state index is 0.0203. The molecule has 1 heterocycles. The molecule has 0 bridgehead atoms. The lowest BCUT2D eigenvalue weighted by Crippen LogP contribution is -2.23. The second-order valence-corrected chi connectivity index (χ2v) is 9.16. The summed E-state index contributed by atoms with van der Waals surface area (Å²) in [5, 5.41) is 11.7. The van der Waals surface area contributed by atoms with Crippen LogP contribution in [-0.4, -0.2) is 25.9 Å². The van der Waals surface area contributed by atoms with E-state index in [1.165, 1.54) is 17.8 Å². The number of hydrogen-bond acceptors (Lipinski definition) is 5. The molecule has 0 fully saturated rings. The van der Waals surface area contributed by atoms with Gasteiger partial charge in [-0.05, 0) is 62.2 Å². The first kappa shape index (κ1) is 23.5. The Labute approximate surface area is 202 Å². The number of anilines is 1. The third-order valence-electron chi connectivity index (χ3n) is 5.21. The van der Waals surface area contributed by atoms with Crippen LogP contribution in [-0.2, 0) is 11.4 Å². The molecular formula is C26H25FN4O2S. The molecule has 8 heteroatoms. The average molecular weight is 477 g/mol.